The second-order valence-electron chi connectivity index (χ2n) is 7.23. The van der Waals surface area contributed by atoms with E-state index in [2.05, 4.69) is 28.7 Å². The number of piperidine rings is 2. The molecule has 8 heteroatoms. The Balaban J connectivity index is 1.99. The van der Waals surface area contributed by atoms with Crippen molar-refractivity contribution in [3.8, 4) is 0 Å². The van der Waals surface area contributed by atoms with E-state index in [1.807, 2.05) is 4.90 Å². The molecule has 2 N–H and O–H groups in total. The van der Waals surface area contributed by atoms with Gasteiger partial charge < -0.3 is 15.5 Å². The fraction of sp³-hybridized carbons (Fsp3) is 0.750. The van der Waals surface area contributed by atoms with Crippen molar-refractivity contribution in [3.63, 3.8) is 0 Å². The van der Waals surface area contributed by atoms with Gasteiger partial charge in [0.25, 0.3) is 0 Å². The van der Waals surface area contributed by atoms with Crippen LogP contribution in [-0.4, -0.2) is 41.1 Å². The number of hydrogen-bond donors (Lipinski definition) is 1. The molecule has 0 spiro atoms. The molecule has 2 aliphatic heterocycles. The van der Waals surface area contributed by atoms with Crippen LogP contribution in [0.5, 0.6) is 0 Å². The Kier molecular flexibility index (Phi) is 4.73. The second-order valence-corrected chi connectivity index (χ2v) is 7.23. The minimum absolute atomic E-state index is 0.0311. The molecule has 0 saturated carbocycles. The largest absolute Gasteiger partial charge is 0.378 e. The summed E-state index contributed by atoms with van der Waals surface area (Å²) in [5.74, 6) is 1.94. The molecule has 2 fully saturated rings. The van der Waals surface area contributed by atoms with Crippen molar-refractivity contribution in [1.29, 1.82) is 0 Å². The number of nitrogens with two attached hydrogens (primary N) is 1. The predicted octanol–water partition coefficient (Wildman–Crippen LogP) is 2.44. The van der Waals surface area contributed by atoms with Gasteiger partial charge in [-0.3, -0.25) is 10.1 Å². The first kappa shape index (κ1) is 16.7. The summed E-state index contributed by atoms with van der Waals surface area (Å²) in [5, 5.41) is 11.5. The molecule has 24 heavy (non-hydrogen) atoms. The molecular weight excluding hydrogens is 308 g/mol. The number of nitrogens with zero attached hydrogens (tertiary/aromatic N) is 5. The number of hydrogen-bond acceptors (Lipinski definition) is 7. The van der Waals surface area contributed by atoms with E-state index < -0.39 is 4.92 Å². The number of nitro groups is 1. The van der Waals surface area contributed by atoms with E-state index in [0.29, 0.717) is 23.6 Å². The van der Waals surface area contributed by atoms with Crippen LogP contribution >= 0.6 is 0 Å². The van der Waals surface area contributed by atoms with Crippen molar-refractivity contribution < 1.29 is 4.92 Å². The van der Waals surface area contributed by atoms with Gasteiger partial charge in [-0.1, -0.05) is 13.8 Å². The van der Waals surface area contributed by atoms with Crippen LogP contribution in [0.15, 0.2) is 0 Å². The average molecular weight is 334 g/mol. The molecule has 2 aliphatic rings. The Morgan fingerprint density at radius 3 is 2.25 bits per heavy atom. The van der Waals surface area contributed by atoms with Gasteiger partial charge in [-0.05, 0) is 37.5 Å². The molecule has 0 radical (unpaired) electrons. The third-order valence-corrected chi connectivity index (χ3v) is 4.96. The lowest BCUT2D eigenvalue weighted by Crippen LogP contribution is -2.38. The maximum atomic E-state index is 11.5. The summed E-state index contributed by atoms with van der Waals surface area (Å²) in [6.07, 6.45) is 4.42. The Hall–Kier alpha value is -2.12. The topological polar surface area (TPSA) is 101 Å². The van der Waals surface area contributed by atoms with Crippen molar-refractivity contribution in [2.75, 3.05) is 41.7 Å². The molecule has 3 heterocycles. The second kappa shape index (κ2) is 6.78. The Morgan fingerprint density at radius 1 is 1.08 bits per heavy atom. The van der Waals surface area contributed by atoms with Gasteiger partial charge in [0, 0.05) is 26.2 Å². The van der Waals surface area contributed by atoms with E-state index in [9.17, 15) is 10.1 Å². The normalized spacial score (nSPS) is 24.9. The van der Waals surface area contributed by atoms with E-state index in [4.69, 9.17) is 5.73 Å². The smallest absolute Gasteiger partial charge is 0.353 e. The van der Waals surface area contributed by atoms with Crippen molar-refractivity contribution >= 4 is 23.3 Å². The molecule has 0 bridgehead atoms. The van der Waals surface area contributed by atoms with Crippen molar-refractivity contribution in [2.24, 2.45) is 11.8 Å². The molecule has 0 aliphatic carbocycles. The lowest BCUT2D eigenvalue weighted by molar-refractivity contribution is -0.383. The Morgan fingerprint density at radius 2 is 1.67 bits per heavy atom. The summed E-state index contributed by atoms with van der Waals surface area (Å²) < 4.78 is 0. The van der Waals surface area contributed by atoms with Crippen molar-refractivity contribution in [2.45, 2.75) is 39.5 Å². The molecule has 0 aromatic carbocycles. The first-order valence-electron chi connectivity index (χ1n) is 8.77. The van der Waals surface area contributed by atoms with E-state index in [-0.39, 0.29) is 11.5 Å². The molecule has 132 valence electrons. The molecule has 3 rings (SSSR count). The quantitative estimate of drug-likeness (QED) is 0.669. The van der Waals surface area contributed by atoms with Crippen LogP contribution in [0.3, 0.4) is 0 Å². The number of aromatic nitrogens is 2. The zero-order chi connectivity index (χ0) is 17.3. The third kappa shape index (κ3) is 3.37. The minimum atomic E-state index is -0.452. The lowest BCUT2D eigenvalue weighted by Gasteiger charge is -2.34. The number of nitrogen functional groups attached to an aromatic ring is 1. The highest BCUT2D eigenvalue weighted by molar-refractivity contribution is 5.71. The van der Waals surface area contributed by atoms with E-state index in [0.717, 1.165) is 45.4 Å². The van der Waals surface area contributed by atoms with Crippen molar-refractivity contribution in [1.82, 2.24) is 9.97 Å². The van der Waals surface area contributed by atoms with Gasteiger partial charge >= 0.3 is 5.69 Å². The summed E-state index contributed by atoms with van der Waals surface area (Å²) in [7, 11) is 0. The summed E-state index contributed by atoms with van der Waals surface area (Å²) in [5.41, 5.74) is 5.80. The molecular formula is C16H26N6O2. The highest BCUT2D eigenvalue weighted by Gasteiger charge is 2.31. The van der Waals surface area contributed by atoms with Gasteiger partial charge in [0.15, 0.2) is 0 Å². The van der Waals surface area contributed by atoms with Gasteiger partial charge in [-0.15, -0.1) is 0 Å². The van der Waals surface area contributed by atoms with E-state index in [1.54, 1.807) is 0 Å². The lowest BCUT2D eigenvalue weighted by atomic mass is 10.0. The predicted molar refractivity (Wildman–Crippen MR) is 94.3 cm³/mol. The Bertz CT molecular complexity index is 623. The Labute approximate surface area is 142 Å². The molecule has 2 atom stereocenters. The minimum Gasteiger partial charge on any atom is -0.378 e. The molecule has 2 saturated heterocycles. The van der Waals surface area contributed by atoms with Gasteiger partial charge in [-0.2, -0.15) is 9.97 Å². The zero-order valence-electron chi connectivity index (χ0n) is 14.4. The summed E-state index contributed by atoms with van der Waals surface area (Å²) in [6, 6.07) is 0. The number of rotatable bonds is 3. The molecule has 1 aromatic rings. The molecule has 1 aromatic heterocycles. The standard InChI is InChI=1S/C16H26N6O2/c1-11-5-3-7-20(9-11)15-13(22(23)24)14(17)18-16(19-15)21-8-4-6-12(2)10-21/h11-12H,3-10H2,1-2H3,(H2,17,18,19)/t11-,12-/m1/s1. The highest BCUT2D eigenvalue weighted by atomic mass is 16.6. The highest BCUT2D eigenvalue weighted by Crippen LogP contribution is 2.35. The van der Waals surface area contributed by atoms with Gasteiger partial charge in [0.1, 0.15) is 0 Å². The first-order chi connectivity index (χ1) is 11.5. The zero-order valence-corrected chi connectivity index (χ0v) is 14.4. The van der Waals surface area contributed by atoms with Crippen LogP contribution in [0, 0.1) is 22.0 Å². The van der Waals surface area contributed by atoms with Crippen LogP contribution < -0.4 is 15.5 Å². The van der Waals surface area contributed by atoms with Crippen LogP contribution in [0.4, 0.5) is 23.3 Å². The summed E-state index contributed by atoms with van der Waals surface area (Å²) >= 11 is 0. The number of anilines is 3. The molecule has 8 nitrogen and oxygen atoms in total. The van der Waals surface area contributed by atoms with Gasteiger partial charge in [-0.25, -0.2) is 0 Å². The molecule has 0 amide bonds. The first-order valence-corrected chi connectivity index (χ1v) is 8.77. The van der Waals surface area contributed by atoms with E-state index in [1.165, 1.54) is 6.42 Å². The monoisotopic (exact) mass is 334 g/mol. The summed E-state index contributed by atoms with van der Waals surface area (Å²) in [4.78, 5) is 24.0. The average Bonchev–Trinajstić information content (AvgIpc) is 2.53. The van der Waals surface area contributed by atoms with Crippen LogP contribution in [0.2, 0.25) is 0 Å². The fourth-order valence-corrected chi connectivity index (χ4v) is 3.74. The van der Waals surface area contributed by atoms with Crippen LogP contribution in [0.1, 0.15) is 39.5 Å². The third-order valence-electron chi connectivity index (χ3n) is 4.96. The summed E-state index contributed by atoms with van der Waals surface area (Å²) in [6.45, 7) is 7.65. The van der Waals surface area contributed by atoms with Crippen molar-refractivity contribution in [3.05, 3.63) is 10.1 Å². The maximum Gasteiger partial charge on any atom is 0.353 e. The van der Waals surface area contributed by atoms with Gasteiger partial charge in [0.05, 0.1) is 4.92 Å². The van der Waals surface area contributed by atoms with Crippen LogP contribution in [-0.2, 0) is 0 Å². The molecule has 0 unspecified atom stereocenters. The van der Waals surface area contributed by atoms with Gasteiger partial charge in [0.2, 0.25) is 17.6 Å². The van der Waals surface area contributed by atoms with E-state index >= 15 is 0 Å². The fourth-order valence-electron chi connectivity index (χ4n) is 3.74. The van der Waals surface area contributed by atoms with Crippen LogP contribution in [0.25, 0.3) is 0 Å². The SMILES string of the molecule is C[C@@H]1CCCN(c2nc(N)c([N+](=O)[O-])c(N3CCC[C@@H](C)C3)n2)C1. The maximum absolute atomic E-state index is 11.5.